The largest absolute Gasteiger partial charge is 0.317 e. The van der Waals surface area contributed by atoms with E-state index in [1.165, 1.54) is 11.8 Å². The van der Waals surface area contributed by atoms with Gasteiger partial charge in [-0.25, -0.2) is 8.42 Å². The standard InChI is InChI=1S/C14H23NO2S/c1-11(2)9-13(15-3)10-12-5-7-14(8-6-12)18(4,16)17/h5-8,11,13,15H,9-10H2,1-4H3. The Balaban J connectivity index is 2.74. The van der Waals surface area contributed by atoms with Crippen molar-refractivity contribution in [3.8, 4) is 0 Å². The molecule has 1 unspecified atom stereocenters. The molecular weight excluding hydrogens is 246 g/mol. The first kappa shape index (κ1) is 15.2. The van der Waals surface area contributed by atoms with Gasteiger partial charge in [-0.1, -0.05) is 26.0 Å². The Bertz CT molecular complexity index is 463. The highest BCUT2D eigenvalue weighted by atomic mass is 32.2. The van der Waals surface area contributed by atoms with Gasteiger partial charge >= 0.3 is 0 Å². The molecule has 102 valence electrons. The molecule has 0 bridgehead atoms. The van der Waals surface area contributed by atoms with E-state index in [1.54, 1.807) is 12.1 Å². The zero-order valence-electron chi connectivity index (χ0n) is 11.6. The molecule has 0 heterocycles. The molecular formula is C14H23NO2S. The molecule has 0 saturated heterocycles. The summed E-state index contributed by atoms with van der Waals surface area (Å²) < 4.78 is 22.7. The van der Waals surface area contributed by atoms with E-state index < -0.39 is 9.84 Å². The fourth-order valence-electron chi connectivity index (χ4n) is 2.03. The summed E-state index contributed by atoms with van der Waals surface area (Å²) in [4.78, 5) is 0.385. The van der Waals surface area contributed by atoms with Crippen molar-refractivity contribution in [2.24, 2.45) is 5.92 Å². The second kappa shape index (κ2) is 6.34. The lowest BCUT2D eigenvalue weighted by Gasteiger charge is -2.18. The number of nitrogens with one attached hydrogen (secondary N) is 1. The highest BCUT2D eigenvalue weighted by molar-refractivity contribution is 7.90. The third-order valence-corrected chi connectivity index (χ3v) is 4.13. The third kappa shape index (κ3) is 4.78. The molecule has 0 fully saturated rings. The minimum Gasteiger partial charge on any atom is -0.317 e. The predicted molar refractivity (Wildman–Crippen MR) is 75.6 cm³/mol. The summed E-state index contributed by atoms with van der Waals surface area (Å²) in [6.07, 6.45) is 3.28. The van der Waals surface area contributed by atoms with Crippen LogP contribution >= 0.6 is 0 Å². The Labute approximate surface area is 111 Å². The van der Waals surface area contributed by atoms with E-state index in [0.29, 0.717) is 16.9 Å². The predicted octanol–water partition coefficient (Wildman–Crippen LogP) is 2.27. The molecule has 18 heavy (non-hydrogen) atoms. The number of hydrogen-bond donors (Lipinski definition) is 1. The lowest BCUT2D eigenvalue weighted by atomic mass is 9.97. The Hall–Kier alpha value is -0.870. The smallest absolute Gasteiger partial charge is 0.175 e. The summed E-state index contributed by atoms with van der Waals surface area (Å²) in [6, 6.07) is 7.62. The Morgan fingerprint density at radius 1 is 1.17 bits per heavy atom. The van der Waals surface area contributed by atoms with Gasteiger partial charge in [-0.05, 0) is 43.5 Å². The van der Waals surface area contributed by atoms with E-state index in [4.69, 9.17) is 0 Å². The zero-order chi connectivity index (χ0) is 13.8. The third-order valence-electron chi connectivity index (χ3n) is 3.00. The van der Waals surface area contributed by atoms with Gasteiger partial charge in [0.15, 0.2) is 9.84 Å². The lowest BCUT2D eigenvalue weighted by Crippen LogP contribution is -2.29. The Morgan fingerprint density at radius 2 is 1.72 bits per heavy atom. The van der Waals surface area contributed by atoms with E-state index in [1.807, 2.05) is 19.2 Å². The van der Waals surface area contributed by atoms with Crippen LogP contribution in [0.4, 0.5) is 0 Å². The number of hydrogen-bond acceptors (Lipinski definition) is 3. The van der Waals surface area contributed by atoms with E-state index >= 15 is 0 Å². The molecule has 0 aromatic heterocycles. The van der Waals surface area contributed by atoms with Crippen molar-refractivity contribution in [1.82, 2.24) is 5.32 Å². The summed E-state index contributed by atoms with van der Waals surface area (Å²) in [7, 11) is -1.12. The van der Waals surface area contributed by atoms with Crippen LogP contribution in [0.3, 0.4) is 0 Å². The van der Waals surface area contributed by atoms with Crippen LogP contribution in [-0.2, 0) is 16.3 Å². The van der Waals surface area contributed by atoms with Crippen LogP contribution in [0.1, 0.15) is 25.8 Å². The van der Waals surface area contributed by atoms with Gasteiger partial charge in [0.1, 0.15) is 0 Å². The van der Waals surface area contributed by atoms with E-state index in [-0.39, 0.29) is 0 Å². The Morgan fingerprint density at radius 3 is 2.11 bits per heavy atom. The van der Waals surface area contributed by atoms with Crippen LogP contribution in [0.5, 0.6) is 0 Å². The van der Waals surface area contributed by atoms with Gasteiger partial charge in [0.25, 0.3) is 0 Å². The maximum absolute atomic E-state index is 11.4. The van der Waals surface area contributed by atoms with Gasteiger partial charge in [-0.3, -0.25) is 0 Å². The SMILES string of the molecule is CNC(Cc1ccc(S(C)(=O)=O)cc1)CC(C)C. The lowest BCUT2D eigenvalue weighted by molar-refractivity contribution is 0.441. The molecule has 0 saturated carbocycles. The summed E-state index contributed by atoms with van der Waals surface area (Å²) in [5.41, 5.74) is 1.17. The molecule has 0 aliphatic rings. The maximum Gasteiger partial charge on any atom is 0.175 e. The first-order valence-electron chi connectivity index (χ1n) is 6.29. The Kier molecular flexibility index (Phi) is 5.35. The number of benzene rings is 1. The minimum absolute atomic E-state index is 0.385. The van der Waals surface area contributed by atoms with Crippen molar-refractivity contribution in [2.75, 3.05) is 13.3 Å². The molecule has 3 nitrogen and oxygen atoms in total. The van der Waals surface area contributed by atoms with E-state index in [2.05, 4.69) is 19.2 Å². The normalized spacial score (nSPS) is 13.8. The molecule has 1 atom stereocenters. The van der Waals surface area contributed by atoms with Crippen LogP contribution < -0.4 is 5.32 Å². The molecule has 0 radical (unpaired) electrons. The van der Waals surface area contributed by atoms with Crippen molar-refractivity contribution in [2.45, 2.75) is 37.6 Å². The van der Waals surface area contributed by atoms with Crippen molar-refractivity contribution in [3.05, 3.63) is 29.8 Å². The molecule has 0 amide bonds. The van der Waals surface area contributed by atoms with Gasteiger partial charge in [-0.15, -0.1) is 0 Å². The zero-order valence-corrected chi connectivity index (χ0v) is 12.4. The molecule has 4 heteroatoms. The molecule has 1 rings (SSSR count). The number of rotatable bonds is 6. The summed E-state index contributed by atoms with van der Waals surface area (Å²) in [5, 5.41) is 3.31. The second-order valence-corrected chi connectivity index (χ2v) is 7.25. The first-order chi connectivity index (χ1) is 8.32. The molecule has 0 spiro atoms. The van der Waals surface area contributed by atoms with Gasteiger partial charge < -0.3 is 5.32 Å². The first-order valence-corrected chi connectivity index (χ1v) is 8.18. The second-order valence-electron chi connectivity index (χ2n) is 5.24. The molecule has 0 aliphatic carbocycles. The van der Waals surface area contributed by atoms with Crippen molar-refractivity contribution < 1.29 is 8.42 Å². The van der Waals surface area contributed by atoms with Gasteiger partial charge in [-0.2, -0.15) is 0 Å². The fourth-order valence-corrected chi connectivity index (χ4v) is 2.66. The van der Waals surface area contributed by atoms with Gasteiger partial charge in [0, 0.05) is 12.3 Å². The monoisotopic (exact) mass is 269 g/mol. The van der Waals surface area contributed by atoms with Crippen molar-refractivity contribution in [1.29, 1.82) is 0 Å². The van der Waals surface area contributed by atoms with E-state index in [9.17, 15) is 8.42 Å². The molecule has 1 aromatic carbocycles. The van der Waals surface area contributed by atoms with Gasteiger partial charge in [0.05, 0.1) is 4.90 Å². The molecule has 0 aliphatic heterocycles. The number of sulfone groups is 1. The quantitative estimate of drug-likeness (QED) is 0.861. The van der Waals surface area contributed by atoms with Crippen LogP contribution in [0.2, 0.25) is 0 Å². The number of likely N-dealkylation sites (N-methyl/N-ethyl adjacent to an activating group) is 1. The summed E-state index contributed by atoms with van der Waals surface area (Å²) in [6.45, 7) is 4.41. The molecule has 1 N–H and O–H groups in total. The fraction of sp³-hybridized carbons (Fsp3) is 0.571. The van der Waals surface area contributed by atoms with Crippen LogP contribution in [-0.4, -0.2) is 27.8 Å². The highest BCUT2D eigenvalue weighted by Crippen LogP contribution is 2.14. The average molecular weight is 269 g/mol. The summed E-state index contributed by atoms with van der Waals surface area (Å²) in [5.74, 6) is 0.651. The topological polar surface area (TPSA) is 46.2 Å². The van der Waals surface area contributed by atoms with Crippen LogP contribution in [0, 0.1) is 5.92 Å². The van der Waals surface area contributed by atoms with Crippen LogP contribution in [0.15, 0.2) is 29.2 Å². The van der Waals surface area contributed by atoms with Gasteiger partial charge in [0.2, 0.25) is 0 Å². The molecule has 1 aromatic rings. The summed E-state index contributed by atoms with van der Waals surface area (Å²) >= 11 is 0. The van der Waals surface area contributed by atoms with E-state index in [0.717, 1.165) is 12.8 Å². The van der Waals surface area contributed by atoms with Crippen molar-refractivity contribution in [3.63, 3.8) is 0 Å². The highest BCUT2D eigenvalue weighted by Gasteiger charge is 2.11. The van der Waals surface area contributed by atoms with Crippen molar-refractivity contribution >= 4 is 9.84 Å². The maximum atomic E-state index is 11.4. The average Bonchev–Trinajstić information content (AvgIpc) is 2.27. The minimum atomic E-state index is -3.09. The van der Waals surface area contributed by atoms with Crippen LogP contribution in [0.25, 0.3) is 0 Å².